The van der Waals surface area contributed by atoms with Crippen molar-refractivity contribution in [2.75, 3.05) is 0 Å². The average molecular weight is 339 g/mol. The van der Waals surface area contributed by atoms with Crippen LogP contribution in [-0.4, -0.2) is 17.9 Å². The molecule has 0 atom stereocenters. The molecule has 0 spiro atoms. The molecule has 0 radical (unpaired) electrons. The van der Waals surface area contributed by atoms with Gasteiger partial charge < -0.3 is 0 Å². The van der Waals surface area contributed by atoms with Gasteiger partial charge in [0, 0.05) is 6.07 Å². The molecule has 0 saturated carbocycles. The van der Waals surface area contributed by atoms with Crippen LogP contribution >= 0.6 is 0 Å². The number of alkyl halides is 6. The molecule has 118 valence electrons. The van der Waals surface area contributed by atoms with Crippen molar-refractivity contribution in [3.63, 3.8) is 0 Å². The lowest BCUT2D eigenvalue weighted by Gasteiger charge is -2.14. The molecule has 1 rings (SSSR count). The van der Waals surface area contributed by atoms with E-state index in [0.29, 0.717) is 0 Å². The van der Waals surface area contributed by atoms with Crippen LogP contribution in [0.5, 0.6) is 0 Å². The van der Waals surface area contributed by atoms with E-state index in [1.54, 1.807) is 0 Å². The third kappa shape index (κ3) is 3.60. The maximum absolute atomic E-state index is 12.6. The van der Waals surface area contributed by atoms with E-state index in [2.05, 4.69) is 0 Å². The first kappa shape index (κ1) is 17.2. The van der Waals surface area contributed by atoms with E-state index in [4.69, 9.17) is 4.55 Å². The van der Waals surface area contributed by atoms with Gasteiger partial charge in [-0.25, -0.2) is 0 Å². The maximum atomic E-state index is 12.6. The lowest BCUT2D eigenvalue weighted by molar-refractivity contribution is -0.388. The van der Waals surface area contributed by atoms with Crippen LogP contribution in [0.1, 0.15) is 11.1 Å². The number of nitrogens with zero attached hydrogens (tertiary/aromatic N) is 1. The first-order valence-electron chi connectivity index (χ1n) is 4.60. The Morgan fingerprint density at radius 2 is 1.52 bits per heavy atom. The van der Waals surface area contributed by atoms with Crippen LogP contribution in [0.2, 0.25) is 0 Å². The van der Waals surface area contributed by atoms with Crippen LogP contribution < -0.4 is 0 Å². The first-order valence-corrected chi connectivity index (χ1v) is 6.04. The van der Waals surface area contributed by atoms with Crippen LogP contribution in [0.3, 0.4) is 0 Å². The second-order valence-corrected chi connectivity index (χ2v) is 4.96. The summed E-state index contributed by atoms with van der Waals surface area (Å²) in [7, 11) is -5.78. The van der Waals surface area contributed by atoms with Crippen LogP contribution in [0.4, 0.5) is 32.0 Å². The topological polar surface area (TPSA) is 97.5 Å². The molecular formula is C8H3F6NO5S. The number of hydrogen-bond donors (Lipinski definition) is 1. The summed E-state index contributed by atoms with van der Waals surface area (Å²) in [5.74, 6) is 0. The predicted molar refractivity (Wildman–Crippen MR) is 52.9 cm³/mol. The minimum Gasteiger partial charge on any atom is -0.282 e. The first-order chi connectivity index (χ1) is 9.15. The Morgan fingerprint density at radius 3 is 1.81 bits per heavy atom. The maximum Gasteiger partial charge on any atom is 0.418 e. The second-order valence-electron chi connectivity index (χ2n) is 3.60. The quantitative estimate of drug-likeness (QED) is 0.387. The van der Waals surface area contributed by atoms with Gasteiger partial charge in [-0.3, -0.25) is 14.7 Å². The third-order valence-corrected chi connectivity index (χ3v) is 3.10. The lowest BCUT2D eigenvalue weighted by atomic mass is 10.1. The molecule has 0 aromatic heterocycles. The zero-order valence-electron chi connectivity index (χ0n) is 9.36. The summed E-state index contributed by atoms with van der Waals surface area (Å²) in [6.45, 7) is 0. The Morgan fingerprint density at radius 1 is 1.05 bits per heavy atom. The fraction of sp³-hybridized carbons (Fsp3) is 0.250. The van der Waals surface area contributed by atoms with Crippen LogP contribution in [0.25, 0.3) is 0 Å². The summed E-state index contributed by atoms with van der Waals surface area (Å²) >= 11 is 0. The number of nitro benzene ring substituents is 1. The highest BCUT2D eigenvalue weighted by atomic mass is 32.2. The van der Waals surface area contributed by atoms with Gasteiger partial charge in [0.05, 0.1) is 16.1 Å². The molecular weight excluding hydrogens is 336 g/mol. The van der Waals surface area contributed by atoms with Gasteiger partial charge >= 0.3 is 22.5 Å². The van der Waals surface area contributed by atoms with Crippen molar-refractivity contribution >= 4 is 15.8 Å². The van der Waals surface area contributed by atoms with Gasteiger partial charge in [0.2, 0.25) is 0 Å². The third-order valence-electron chi connectivity index (χ3n) is 2.16. The van der Waals surface area contributed by atoms with Gasteiger partial charge in [-0.1, -0.05) is 0 Å². The van der Waals surface area contributed by atoms with Gasteiger partial charge in [-0.2, -0.15) is 34.8 Å². The summed E-state index contributed by atoms with van der Waals surface area (Å²) in [4.78, 5) is 6.51. The normalized spacial score (nSPS) is 13.3. The van der Waals surface area contributed by atoms with E-state index in [0.717, 1.165) is 0 Å². The molecule has 0 unspecified atom stereocenters. The van der Waals surface area contributed by atoms with Crippen molar-refractivity contribution in [2.24, 2.45) is 0 Å². The van der Waals surface area contributed by atoms with Crippen molar-refractivity contribution < 1.29 is 44.2 Å². The largest absolute Gasteiger partial charge is 0.418 e. The molecule has 0 heterocycles. The SMILES string of the molecule is O=[N+]([O-])c1cc(C(F)(F)F)cc(C(F)(F)F)c1S(=O)(=O)O. The van der Waals surface area contributed by atoms with E-state index in [-0.39, 0.29) is 0 Å². The second kappa shape index (κ2) is 4.84. The average Bonchev–Trinajstić information content (AvgIpc) is 2.23. The molecule has 0 amide bonds. The molecule has 0 aliphatic carbocycles. The van der Waals surface area contributed by atoms with Crippen molar-refractivity contribution in [1.29, 1.82) is 0 Å². The van der Waals surface area contributed by atoms with Crippen LogP contribution in [0.15, 0.2) is 17.0 Å². The molecule has 1 aromatic carbocycles. The molecule has 0 bridgehead atoms. The summed E-state index contributed by atoms with van der Waals surface area (Å²) < 4.78 is 106. The smallest absolute Gasteiger partial charge is 0.282 e. The minimum absolute atomic E-state index is 0.404. The molecule has 0 aliphatic heterocycles. The van der Waals surface area contributed by atoms with Gasteiger partial charge in [-0.05, 0) is 6.07 Å². The van der Waals surface area contributed by atoms with Crippen molar-refractivity contribution in [1.82, 2.24) is 0 Å². The van der Waals surface area contributed by atoms with Crippen molar-refractivity contribution in [3.05, 3.63) is 33.4 Å². The summed E-state index contributed by atoms with van der Waals surface area (Å²) in [6.07, 6.45) is -11.1. The van der Waals surface area contributed by atoms with Gasteiger partial charge in [-0.15, -0.1) is 0 Å². The minimum atomic E-state index is -5.78. The molecule has 1 N–H and O–H groups in total. The van der Waals surface area contributed by atoms with Crippen LogP contribution in [-0.2, 0) is 22.5 Å². The highest BCUT2D eigenvalue weighted by Crippen LogP contribution is 2.43. The monoisotopic (exact) mass is 339 g/mol. The van der Waals surface area contributed by atoms with E-state index >= 15 is 0 Å². The molecule has 0 fully saturated rings. The van der Waals surface area contributed by atoms with E-state index in [9.17, 15) is 44.9 Å². The standard InChI is InChI=1S/C8H3F6NO5S/c9-7(10,11)3-1-4(8(12,13)14)6(21(18,19)20)5(2-3)15(16)17/h1-2H,(H,18,19,20). The number of nitro groups is 1. The predicted octanol–water partition coefficient (Wildman–Crippen LogP) is 2.88. The molecule has 13 heteroatoms. The number of hydrogen-bond acceptors (Lipinski definition) is 4. The fourth-order valence-electron chi connectivity index (χ4n) is 1.39. The fourth-order valence-corrected chi connectivity index (χ4v) is 2.24. The molecule has 0 saturated heterocycles. The Balaban J connectivity index is 3.99. The Labute approximate surface area is 111 Å². The van der Waals surface area contributed by atoms with E-state index < -0.39 is 61.2 Å². The highest BCUT2D eigenvalue weighted by Gasteiger charge is 2.45. The Kier molecular flexibility index (Phi) is 3.95. The summed E-state index contributed by atoms with van der Waals surface area (Å²) in [5.41, 5.74) is -6.58. The summed E-state index contributed by atoms with van der Waals surface area (Å²) in [6, 6.07) is -1.03. The van der Waals surface area contributed by atoms with Crippen molar-refractivity contribution in [3.8, 4) is 0 Å². The molecule has 1 aromatic rings. The number of rotatable bonds is 2. The van der Waals surface area contributed by atoms with E-state index in [1.807, 2.05) is 0 Å². The zero-order valence-corrected chi connectivity index (χ0v) is 10.2. The van der Waals surface area contributed by atoms with Gasteiger partial charge in [0.1, 0.15) is 0 Å². The van der Waals surface area contributed by atoms with E-state index in [1.165, 1.54) is 0 Å². The number of benzene rings is 1. The lowest BCUT2D eigenvalue weighted by Crippen LogP contribution is -2.18. The molecule has 21 heavy (non-hydrogen) atoms. The van der Waals surface area contributed by atoms with Gasteiger partial charge in [0.25, 0.3) is 5.69 Å². The summed E-state index contributed by atoms with van der Waals surface area (Å²) in [5, 5.41) is 10.5. The highest BCUT2D eigenvalue weighted by molar-refractivity contribution is 7.86. The van der Waals surface area contributed by atoms with Crippen molar-refractivity contribution in [2.45, 2.75) is 17.2 Å². The molecule has 6 nitrogen and oxygen atoms in total. The van der Waals surface area contributed by atoms with Gasteiger partial charge in [0.15, 0.2) is 4.90 Å². The van der Waals surface area contributed by atoms with Crippen LogP contribution in [0, 0.1) is 10.1 Å². The molecule has 0 aliphatic rings. The Hall–Kier alpha value is -1.89. The number of halogens is 6. The zero-order chi connectivity index (χ0) is 16.8. The Bertz CT molecular complexity index is 692.